The third-order valence-electron chi connectivity index (χ3n) is 4.47. The van der Waals surface area contributed by atoms with Gasteiger partial charge in [0.15, 0.2) is 0 Å². The molecule has 1 fully saturated rings. The normalized spacial score (nSPS) is 23.0. The molecule has 112 valence electrons. The molecule has 3 rings (SSSR count). The second-order valence-corrected chi connectivity index (χ2v) is 5.93. The number of fused-ring (bicyclic) bond motifs is 1. The first-order valence-electron chi connectivity index (χ1n) is 7.70. The predicted molar refractivity (Wildman–Crippen MR) is 85.7 cm³/mol. The van der Waals surface area contributed by atoms with E-state index in [-0.39, 0.29) is 17.7 Å². The van der Waals surface area contributed by atoms with E-state index in [2.05, 4.69) is 5.32 Å². The summed E-state index contributed by atoms with van der Waals surface area (Å²) in [6.07, 6.45) is 4.82. The average Bonchev–Trinajstić information content (AvgIpc) is 2.70. The van der Waals surface area contributed by atoms with E-state index in [9.17, 15) is 9.90 Å². The molecule has 1 aliphatic carbocycles. The zero-order chi connectivity index (χ0) is 14.8. The van der Waals surface area contributed by atoms with E-state index >= 15 is 0 Å². The van der Waals surface area contributed by atoms with E-state index in [1.807, 2.05) is 24.3 Å². The number of hydrogen-bond donors (Lipinski definition) is 2. The van der Waals surface area contributed by atoms with Crippen molar-refractivity contribution in [3.8, 4) is 0 Å². The Labute approximate surface area is 124 Å². The van der Waals surface area contributed by atoms with Crippen molar-refractivity contribution < 1.29 is 5.11 Å². The van der Waals surface area contributed by atoms with Gasteiger partial charge in [0.05, 0.1) is 17.7 Å². The molecular weight excluding hydrogens is 264 g/mol. The first-order valence-corrected chi connectivity index (χ1v) is 7.70. The molecule has 0 aliphatic heterocycles. The molecular formula is C17H22N2O2. The summed E-state index contributed by atoms with van der Waals surface area (Å²) in [5.74, 6) is 0. The van der Waals surface area contributed by atoms with Crippen molar-refractivity contribution in [3.05, 3.63) is 40.7 Å². The lowest BCUT2D eigenvalue weighted by molar-refractivity contribution is 0.144. The number of nitrogens with one attached hydrogen (secondary N) is 1. The van der Waals surface area contributed by atoms with Gasteiger partial charge in [-0.3, -0.25) is 4.79 Å². The molecule has 1 aromatic heterocycles. The minimum absolute atomic E-state index is 0.0284. The van der Waals surface area contributed by atoms with Crippen molar-refractivity contribution in [1.29, 1.82) is 0 Å². The molecule has 0 bridgehead atoms. The Bertz CT molecular complexity index is 693. The summed E-state index contributed by atoms with van der Waals surface area (Å²) in [7, 11) is 1.79. The number of aliphatic hydroxyl groups is 1. The van der Waals surface area contributed by atoms with Gasteiger partial charge in [-0.15, -0.1) is 0 Å². The molecule has 21 heavy (non-hydrogen) atoms. The molecule has 2 aromatic rings. The topological polar surface area (TPSA) is 54.3 Å². The van der Waals surface area contributed by atoms with Gasteiger partial charge in [-0.05, 0) is 18.9 Å². The smallest absolute Gasteiger partial charge is 0.252 e. The first-order chi connectivity index (χ1) is 10.2. The first kappa shape index (κ1) is 14.1. The van der Waals surface area contributed by atoms with Gasteiger partial charge < -0.3 is 15.0 Å². The van der Waals surface area contributed by atoms with Gasteiger partial charge in [-0.2, -0.15) is 0 Å². The highest BCUT2D eigenvalue weighted by Gasteiger charge is 2.22. The summed E-state index contributed by atoms with van der Waals surface area (Å²) in [5.41, 5.74) is 1.72. The molecule has 0 amide bonds. The fraction of sp³-hybridized carbons (Fsp3) is 0.471. The van der Waals surface area contributed by atoms with E-state index in [0.29, 0.717) is 0 Å². The maximum absolute atomic E-state index is 12.1. The lowest BCUT2D eigenvalue weighted by Crippen LogP contribution is -2.33. The van der Waals surface area contributed by atoms with Crippen LogP contribution in [0.2, 0.25) is 0 Å². The monoisotopic (exact) mass is 286 g/mol. The number of anilines is 1. The third-order valence-corrected chi connectivity index (χ3v) is 4.47. The average molecular weight is 286 g/mol. The fourth-order valence-electron chi connectivity index (χ4n) is 3.19. The van der Waals surface area contributed by atoms with Crippen LogP contribution in [0.25, 0.3) is 10.9 Å². The van der Waals surface area contributed by atoms with Crippen LogP contribution in [0.3, 0.4) is 0 Å². The van der Waals surface area contributed by atoms with Crippen molar-refractivity contribution in [3.63, 3.8) is 0 Å². The fourth-order valence-corrected chi connectivity index (χ4v) is 3.19. The van der Waals surface area contributed by atoms with Crippen LogP contribution < -0.4 is 10.9 Å². The van der Waals surface area contributed by atoms with E-state index in [4.69, 9.17) is 0 Å². The lowest BCUT2D eigenvalue weighted by Gasteiger charge is -2.24. The van der Waals surface area contributed by atoms with Crippen LogP contribution in [0.15, 0.2) is 35.1 Å². The Kier molecular flexibility index (Phi) is 3.97. The highest BCUT2D eigenvalue weighted by Crippen LogP contribution is 2.25. The van der Waals surface area contributed by atoms with Gasteiger partial charge in [0.1, 0.15) is 0 Å². The molecule has 2 N–H and O–H groups in total. The summed E-state index contributed by atoms with van der Waals surface area (Å²) < 4.78 is 1.66. The second kappa shape index (κ2) is 5.90. The maximum Gasteiger partial charge on any atom is 0.252 e. The van der Waals surface area contributed by atoms with Crippen molar-refractivity contribution in [2.75, 3.05) is 5.32 Å². The van der Waals surface area contributed by atoms with Crippen LogP contribution in [-0.4, -0.2) is 21.8 Å². The standard InChI is InChI=1S/C17H22N2O2/c1-19-15-9-6-5-7-12(15)14(11-17(19)21)18-13-8-3-2-4-10-16(13)20/h5-7,9,11,13,16,18,20H,2-4,8,10H2,1H3. The van der Waals surface area contributed by atoms with Crippen molar-refractivity contribution in [2.45, 2.75) is 44.2 Å². The highest BCUT2D eigenvalue weighted by atomic mass is 16.3. The summed E-state index contributed by atoms with van der Waals surface area (Å²) >= 11 is 0. The molecule has 4 heteroatoms. The Hall–Kier alpha value is -1.81. The minimum Gasteiger partial charge on any atom is -0.391 e. The Morgan fingerprint density at radius 1 is 1.19 bits per heavy atom. The number of nitrogens with zero attached hydrogens (tertiary/aromatic N) is 1. The number of benzene rings is 1. The SMILES string of the molecule is Cn1c(=O)cc(NC2CCCCCC2O)c2ccccc21. The zero-order valence-corrected chi connectivity index (χ0v) is 12.4. The Morgan fingerprint density at radius 3 is 2.81 bits per heavy atom. The van der Waals surface area contributed by atoms with Crippen LogP contribution in [-0.2, 0) is 7.05 Å². The number of hydrogen-bond acceptors (Lipinski definition) is 3. The quantitative estimate of drug-likeness (QED) is 0.835. The van der Waals surface area contributed by atoms with E-state index in [1.165, 1.54) is 6.42 Å². The number of aliphatic hydroxyl groups excluding tert-OH is 1. The van der Waals surface area contributed by atoms with Crippen LogP contribution in [0.5, 0.6) is 0 Å². The molecule has 0 saturated heterocycles. The van der Waals surface area contributed by atoms with E-state index < -0.39 is 0 Å². The summed E-state index contributed by atoms with van der Waals surface area (Å²) in [4.78, 5) is 12.1. The van der Waals surface area contributed by atoms with Crippen LogP contribution in [0.4, 0.5) is 5.69 Å². The molecule has 1 heterocycles. The van der Waals surface area contributed by atoms with Crippen molar-refractivity contribution in [1.82, 2.24) is 4.57 Å². The maximum atomic E-state index is 12.1. The highest BCUT2D eigenvalue weighted by molar-refractivity contribution is 5.91. The minimum atomic E-state index is -0.338. The molecule has 1 aromatic carbocycles. The van der Waals surface area contributed by atoms with Gasteiger partial charge in [0.2, 0.25) is 0 Å². The summed E-state index contributed by atoms with van der Waals surface area (Å²) in [6, 6.07) is 9.54. The second-order valence-electron chi connectivity index (χ2n) is 5.93. The number of rotatable bonds is 2. The van der Waals surface area contributed by atoms with E-state index in [0.717, 1.165) is 42.3 Å². The van der Waals surface area contributed by atoms with Gasteiger partial charge >= 0.3 is 0 Å². The van der Waals surface area contributed by atoms with Crippen molar-refractivity contribution in [2.24, 2.45) is 7.05 Å². The van der Waals surface area contributed by atoms with Gasteiger partial charge in [0, 0.05) is 24.2 Å². The molecule has 2 atom stereocenters. The summed E-state index contributed by atoms with van der Waals surface area (Å²) in [5, 5.41) is 14.7. The largest absolute Gasteiger partial charge is 0.391 e. The lowest BCUT2D eigenvalue weighted by atomic mass is 10.0. The molecule has 2 unspecified atom stereocenters. The number of aryl methyl sites for hydroxylation is 1. The van der Waals surface area contributed by atoms with Gasteiger partial charge in [0.25, 0.3) is 5.56 Å². The number of para-hydroxylation sites is 1. The molecule has 1 saturated carbocycles. The van der Waals surface area contributed by atoms with Gasteiger partial charge in [-0.1, -0.05) is 37.5 Å². The Balaban J connectivity index is 2.00. The van der Waals surface area contributed by atoms with Gasteiger partial charge in [-0.25, -0.2) is 0 Å². The predicted octanol–water partition coefficient (Wildman–Crippen LogP) is 2.64. The number of aromatic nitrogens is 1. The van der Waals surface area contributed by atoms with Crippen molar-refractivity contribution >= 4 is 16.6 Å². The Morgan fingerprint density at radius 2 is 1.95 bits per heavy atom. The van der Waals surface area contributed by atoms with Crippen LogP contribution in [0.1, 0.15) is 32.1 Å². The van der Waals surface area contributed by atoms with E-state index in [1.54, 1.807) is 17.7 Å². The molecule has 0 spiro atoms. The molecule has 4 nitrogen and oxygen atoms in total. The van der Waals surface area contributed by atoms with Crippen LogP contribution in [0, 0.1) is 0 Å². The molecule has 1 aliphatic rings. The molecule has 0 radical (unpaired) electrons. The van der Waals surface area contributed by atoms with Crippen LogP contribution >= 0.6 is 0 Å². The summed E-state index contributed by atoms with van der Waals surface area (Å²) in [6.45, 7) is 0. The zero-order valence-electron chi connectivity index (χ0n) is 12.4. The number of pyridine rings is 1. The third kappa shape index (κ3) is 2.81.